The first-order valence-electron chi connectivity index (χ1n) is 6.77. The van der Waals surface area contributed by atoms with Crippen molar-refractivity contribution in [3.05, 3.63) is 35.4 Å². The number of carbonyl (C=O) groups is 3. The number of rotatable bonds is 2. The van der Waals surface area contributed by atoms with Crippen molar-refractivity contribution in [1.29, 1.82) is 0 Å². The Hall–Kier alpha value is -2.21. The maximum atomic E-state index is 12.2. The molecule has 1 N–H and O–H groups in total. The zero-order valence-electron chi connectivity index (χ0n) is 11.8. The van der Waals surface area contributed by atoms with E-state index < -0.39 is 5.97 Å². The highest BCUT2D eigenvalue weighted by Gasteiger charge is 2.53. The lowest BCUT2D eigenvalue weighted by Gasteiger charge is -2.18. The number of methoxy groups -OCH3 is 1. The first-order chi connectivity index (χ1) is 10.0. The third-order valence-electron chi connectivity index (χ3n) is 4.30. The van der Waals surface area contributed by atoms with Crippen molar-refractivity contribution in [1.82, 2.24) is 10.2 Å². The van der Waals surface area contributed by atoms with Crippen molar-refractivity contribution < 1.29 is 19.1 Å². The summed E-state index contributed by atoms with van der Waals surface area (Å²) in [7, 11) is 2.86. The lowest BCUT2D eigenvalue weighted by Crippen LogP contribution is -2.32. The molecule has 0 bridgehead atoms. The standard InChI is InChI=1S/C15H16N2O4/c1-17-13(18)10-7-16-12(11(10)14(17)19)8-3-5-9(6-4-8)15(20)21-2/h3-6,10-12,16H,7H2,1-2H3/t10-,11-,12?/m0/s1. The van der Waals surface area contributed by atoms with E-state index in [0.717, 1.165) is 5.56 Å². The lowest BCUT2D eigenvalue weighted by molar-refractivity contribution is -0.138. The molecule has 0 saturated carbocycles. The van der Waals surface area contributed by atoms with Crippen molar-refractivity contribution in [2.45, 2.75) is 6.04 Å². The predicted molar refractivity (Wildman–Crippen MR) is 73.3 cm³/mol. The number of hydrogen-bond acceptors (Lipinski definition) is 5. The van der Waals surface area contributed by atoms with E-state index in [0.29, 0.717) is 12.1 Å². The number of carbonyl (C=O) groups excluding carboxylic acids is 3. The fraction of sp³-hybridized carbons (Fsp3) is 0.400. The van der Waals surface area contributed by atoms with E-state index in [9.17, 15) is 14.4 Å². The summed E-state index contributed by atoms with van der Waals surface area (Å²) < 4.78 is 4.66. The van der Waals surface area contributed by atoms with Gasteiger partial charge in [0.15, 0.2) is 0 Å². The minimum atomic E-state index is -0.398. The zero-order chi connectivity index (χ0) is 15.1. The molecule has 6 heteroatoms. The Morgan fingerprint density at radius 3 is 2.52 bits per heavy atom. The molecule has 0 spiro atoms. The third kappa shape index (κ3) is 2.03. The highest BCUT2D eigenvalue weighted by molar-refractivity contribution is 6.05. The van der Waals surface area contributed by atoms with E-state index >= 15 is 0 Å². The van der Waals surface area contributed by atoms with E-state index in [-0.39, 0.29) is 29.7 Å². The van der Waals surface area contributed by atoms with Crippen molar-refractivity contribution in [3.8, 4) is 0 Å². The van der Waals surface area contributed by atoms with Crippen LogP contribution in [0.3, 0.4) is 0 Å². The Bertz CT molecular complexity index is 611. The van der Waals surface area contributed by atoms with Crippen LogP contribution in [0, 0.1) is 11.8 Å². The maximum absolute atomic E-state index is 12.2. The number of amides is 2. The van der Waals surface area contributed by atoms with E-state index in [2.05, 4.69) is 10.1 Å². The Kier molecular flexibility index (Phi) is 3.25. The second-order valence-corrected chi connectivity index (χ2v) is 5.37. The molecule has 6 nitrogen and oxygen atoms in total. The van der Waals surface area contributed by atoms with Gasteiger partial charge in [0.1, 0.15) is 0 Å². The average molecular weight is 288 g/mol. The molecule has 1 aromatic rings. The largest absolute Gasteiger partial charge is 0.465 e. The molecule has 2 saturated heterocycles. The molecule has 110 valence electrons. The quantitative estimate of drug-likeness (QED) is 0.628. The highest BCUT2D eigenvalue weighted by atomic mass is 16.5. The monoisotopic (exact) mass is 288 g/mol. The molecule has 2 heterocycles. The molecule has 2 aliphatic rings. The van der Waals surface area contributed by atoms with Gasteiger partial charge >= 0.3 is 5.97 Å². The predicted octanol–water partition coefficient (Wildman–Crippen LogP) is 0.348. The molecule has 2 fully saturated rings. The number of hydrogen-bond donors (Lipinski definition) is 1. The van der Waals surface area contributed by atoms with Gasteiger partial charge < -0.3 is 10.1 Å². The Labute approximate surface area is 122 Å². The van der Waals surface area contributed by atoms with E-state index in [1.165, 1.54) is 19.1 Å². The van der Waals surface area contributed by atoms with Gasteiger partial charge in [-0.3, -0.25) is 14.5 Å². The van der Waals surface area contributed by atoms with E-state index in [4.69, 9.17) is 0 Å². The molecular formula is C15H16N2O4. The highest BCUT2D eigenvalue weighted by Crippen LogP contribution is 2.40. The van der Waals surface area contributed by atoms with Crippen molar-refractivity contribution in [2.24, 2.45) is 11.8 Å². The average Bonchev–Trinajstić information content (AvgIpc) is 3.04. The van der Waals surface area contributed by atoms with Gasteiger partial charge in [0.05, 0.1) is 24.5 Å². The topological polar surface area (TPSA) is 75.7 Å². The second kappa shape index (κ2) is 4.96. The Balaban J connectivity index is 1.86. The Morgan fingerprint density at radius 2 is 1.90 bits per heavy atom. The number of imide groups is 1. The second-order valence-electron chi connectivity index (χ2n) is 5.37. The summed E-state index contributed by atoms with van der Waals surface area (Å²) in [5.41, 5.74) is 1.35. The first-order valence-corrected chi connectivity index (χ1v) is 6.77. The first kappa shape index (κ1) is 13.8. The van der Waals surface area contributed by atoms with Crippen LogP contribution in [-0.2, 0) is 14.3 Å². The van der Waals surface area contributed by atoms with Crippen LogP contribution < -0.4 is 5.32 Å². The van der Waals surface area contributed by atoms with Crippen LogP contribution in [0.15, 0.2) is 24.3 Å². The van der Waals surface area contributed by atoms with Crippen molar-refractivity contribution in [3.63, 3.8) is 0 Å². The molecule has 1 unspecified atom stereocenters. The van der Waals surface area contributed by atoms with Gasteiger partial charge in [-0.15, -0.1) is 0 Å². The van der Waals surface area contributed by atoms with Crippen molar-refractivity contribution >= 4 is 17.8 Å². The number of nitrogens with zero attached hydrogens (tertiary/aromatic N) is 1. The Morgan fingerprint density at radius 1 is 1.24 bits per heavy atom. The van der Waals surface area contributed by atoms with Crippen LogP contribution in [0.25, 0.3) is 0 Å². The molecule has 0 aliphatic carbocycles. The molecule has 2 aliphatic heterocycles. The van der Waals surface area contributed by atoms with Gasteiger partial charge in [-0.1, -0.05) is 12.1 Å². The normalized spacial score (nSPS) is 27.9. The summed E-state index contributed by atoms with van der Waals surface area (Å²) in [4.78, 5) is 36.8. The molecule has 0 aromatic heterocycles. The molecule has 21 heavy (non-hydrogen) atoms. The smallest absolute Gasteiger partial charge is 0.337 e. The summed E-state index contributed by atoms with van der Waals surface area (Å²) >= 11 is 0. The van der Waals surface area contributed by atoms with Crippen LogP contribution in [0.4, 0.5) is 0 Å². The summed E-state index contributed by atoms with van der Waals surface area (Å²) in [5.74, 6) is -1.30. The SMILES string of the molecule is COC(=O)c1ccc(C2NC[C@@H]3C(=O)N(C)C(=O)[C@H]23)cc1. The van der Waals surface area contributed by atoms with Gasteiger partial charge in [0, 0.05) is 19.6 Å². The zero-order valence-corrected chi connectivity index (χ0v) is 11.8. The number of ether oxygens (including phenoxy) is 1. The minimum Gasteiger partial charge on any atom is -0.465 e. The number of nitrogens with one attached hydrogen (secondary N) is 1. The molecule has 3 rings (SSSR count). The lowest BCUT2D eigenvalue weighted by atomic mass is 9.89. The number of fused-ring (bicyclic) bond motifs is 1. The third-order valence-corrected chi connectivity index (χ3v) is 4.30. The van der Waals surface area contributed by atoms with Crippen LogP contribution >= 0.6 is 0 Å². The number of esters is 1. The summed E-state index contributed by atoms with van der Waals surface area (Å²) in [6.45, 7) is 0.503. The number of benzene rings is 1. The van der Waals surface area contributed by atoms with Gasteiger partial charge in [-0.25, -0.2) is 4.79 Å². The fourth-order valence-electron chi connectivity index (χ4n) is 3.15. The van der Waals surface area contributed by atoms with Gasteiger partial charge in [0.25, 0.3) is 0 Å². The van der Waals surface area contributed by atoms with E-state index in [1.54, 1.807) is 24.3 Å². The summed E-state index contributed by atoms with van der Waals surface area (Å²) in [5, 5.41) is 3.23. The summed E-state index contributed by atoms with van der Waals surface area (Å²) in [6.07, 6.45) is 0. The van der Waals surface area contributed by atoms with Crippen LogP contribution in [-0.4, -0.2) is 43.4 Å². The maximum Gasteiger partial charge on any atom is 0.337 e. The number of likely N-dealkylation sites (tertiary alicyclic amines) is 1. The van der Waals surface area contributed by atoms with E-state index in [1.807, 2.05) is 0 Å². The molecular weight excluding hydrogens is 272 g/mol. The van der Waals surface area contributed by atoms with Gasteiger partial charge in [-0.05, 0) is 17.7 Å². The van der Waals surface area contributed by atoms with Crippen molar-refractivity contribution in [2.75, 3.05) is 20.7 Å². The molecule has 1 aromatic carbocycles. The molecule has 0 radical (unpaired) electrons. The summed E-state index contributed by atoms with van der Waals surface area (Å²) in [6, 6.07) is 6.73. The van der Waals surface area contributed by atoms with Crippen LogP contribution in [0.1, 0.15) is 22.0 Å². The fourth-order valence-corrected chi connectivity index (χ4v) is 3.15. The molecule has 2 amide bonds. The van der Waals surface area contributed by atoms with Gasteiger partial charge in [-0.2, -0.15) is 0 Å². The van der Waals surface area contributed by atoms with Crippen LogP contribution in [0.2, 0.25) is 0 Å². The minimum absolute atomic E-state index is 0.119. The van der Waals surface area contributed by atoms with Gasteiger partial charge in [0.2, 0.25) is 11.8 Å². The van der Waals surface area contributed by atoms with Crippen LogP contribution in [0.5, 0.6) is 0 Å². The molecule has 3 atom stereocenters.